The van der Waals surface area contributed by atoms with Crippen molar-refractivity contribution in [1.29, 1.82) is 5.26 Å². The summed E-state index contributed by atoms with van der Waals surface area (Å²) in [6.45, 7) is 5.52. The highest BCUT2D eigenvalue weighted by Crippen LogP contribution is 2.44. The van der Waals surface area contributed by atoms with Gasteiger partial charge in [-0.1, -0.05) is 11.6 Å². The highest BCUT2D eigenvalue weighted by Gasteiger charge is 2.29. The normalized spacial score (nSPS) is 14.7. The van der Waals surface area contributed by atoms with E-state index in [0.717, 1.165) is 41.0 Å². The highest BCUT2D eigenvalue weighted by molar-refractivity contribution is 6.35. The van der Waals surface area contributed by atoms with E-state index in [1.165, 1.54) is 0 Å². The van der Waals surface area contributed by atoms with E-state index in [0.29, 0.717) is 16.9 Å². The van der Waals surface area contributed by atoms with Gasteiger partial charge in [-0.3, -0.25) is 4.68 Å². The summed E-state index contributed by atoms with van der Waals surface area (Å²) in [5.74, 6) is 0.950. The average molecular weight is 356 g/mol. The fourth-order valence-electron chi connectivity index (χ4n) is 2.77. The van der Waals surface area contributed by atoms with E-state index < -0.39 is 5.54 Å². The van der Waals surface area contributed by atoms with E-state index in [-0.39, 0.29) is 0 Å². The average Bonchev–Trinajstić information content (AvgIpc) is 3.28. The van der Waals surface area contributed by atoms with Crippen LogP contribution < -0.4 is 5.32 Å². The molecule has 0 aromatic carbocycles. The topological polar surface area (TPSA) is 95.2 Å². The third-order valence-electron chi connectivity index (χ3n) is 4.47. The first-order chi connectivity index (χ1) is 11.9. The maximum atomic E-state index is 9.29. The van der Waals surface area contributed by atoms with E-state index in [1.54, 1.807) is 10.9 Å². The lowest BCUT2D eigenvalue weighted by molar-refractivity contribution is 0.416. The van der Waals surface area contributed by atoms with Gasteiger partial charge in [-0.05, 0) is 33.6 Å². The number of nitrogens with one attached hydrogen (secondary N) is 2. The first kappa shape index (κ1) is 15.9. The number of nitrogens with zero attached hydrogens (tertiary/aromatic N) is 5. The van der Waals surface area contributed by atoms with Crippen molar-refractivity contribution < 1.29 is 0 Å². The Balaban J connectivity index is 1.73. The molecule has 4 rings (SSSR count). The minimum absolute atomic E-state index is 0.445. The van der Waals surface area contributed by atoms with Crippen LogP contribution in [-0.4, -0.2) is 24.7 Å². The minimum Gasteiger partial charge on any atom is -0.344 e. The second kappa shape index (κ2) is 5.46. The summed E-state index contributed by atoms with van der Waals surface area (Å²) in [7, 11) is 0. The fourth-order valence-corrected chi connectivity index (χ4v) is 3.01. The number of H-pyrrole nitrogens is 1. The van der Waals surface area contributed by atoms with Gasteiger partial charge >= 0.3 is 0 Å². The number of aromatic nitrogens is 5. The molecule has 3 aromatic heterocycles. The molecule has 0 spiro atoms. The predicted molar refractivity (Wildman–Crippen MR) is 96.1 cm³/mol. The molecule has 1 aliphatic rings. The van der Waals surface area contributed by atoms with Crippen molar-refractivity contribution in [3.8, 4) is 6.07 Å². The summed E-state index contributed by atoms with van der Waals surface area (Å²) < 4.78 is 1.65. The van der Waals surface area contributed by atoms with Crippen molar-refractivity contribution in [2.75, 3.05) is 5.32 Å². The Hall–Kier alpha value is -2.59. The van der Waals surface area contributed by atoms with Crippen LogP contribution >= 0.6 is 11.6 Å². The quantitative estimate of drug-likeness (QED) is 0.737. The van der Waals surface area contributed by atoms with Crippen LogP contribution in [0.15, 0.2) is 12.4 Å². The Morgan fingerprint density at radius 2 is 2.16 bits per heavy atom. The number of nitriles is 1. The zero-order valence-corrected chi connectivity index (χ0v) is 15.0. The van der Waals surface area contributed by atoms with Crippen LogP contribution in [0, 0.1) is 18.3 Å². The Morgan fingerprint density at radius 3 is 2.84 bits per heavy atom. The van der Waals surface area contributed by atoms with Crippen molar-refractivity contribution in [2.45, 2.75) is 45.1 Å². The summed E-state index contributed by atoms with van der Waals surface area (Å²) in [4.78, 5) is 12.3. The molecule has 1 saturated carbocycles. The summed E-state index contributed by atoms with van der Waals surface area (Å²) in [5.41, 5.74) is 2.56. The Labute approximate surface area is 150 Å². The number of aryl methyl sites for hydroxylation is 1. The third kappa shape index (κ3) is 2.72. The van der Waals surface area contributed by atoms with Gasteiger partial charge in [-0.2, -0.15) is 15.3 Å². The van der Waals surface area contributed by atoms with Crippen LogP contribution in [0.2, 0.25) is 5.02 Å². The summed E-state index contributed by atoms with van der Waals surface area (Å²) in [5, 5.41) is 18.5. The molecule has 0 amide bonds. The Morgan fingerprint density at radius 1 is 1.40 bits per heavy atom. The lowest BCUT2D eigenvalue weighted by Crippen LogP contribution is -2.24. The number of fused-ring (bicyclic) bond motifs is 1. The molecule has 7 nitrogen and oxygen atoms in total. The van der Waals surface area contributed by atoms with E-state index in [9.17, 15) is 5.26 Å². The molecule has 25 heavy (non-hydrogen) atoms. The van der Waals surface area contributed by atoms with Gasteiger partial charge in [0.2, 0.25) is 5.95 Å². The molecule has 0 aliphatic heterocycles. The SMILES string of the molecule is Cc1nn(C(C)(C)C#N)cc1Nc1nc(C2CC2)c2c(Cl)c[nH]c2n1. The van der Waals surface area contributed by atoms with Crippen molar-refractivity contribution in [3.05, 3.63) is 28.8 Å². The standard InChI is InChI=1S/C17H18ClN7/c1-9-12(7-25(24-9)17(2,3)8-19)21-16-22-14(10-4-5-10)13-11(18)6-20-15(13)23-16/h6-7,10H,4-5H2,1-3H3,(H2,20,21,22,23). The molecule has 2 N–H and O–H groups in total. The van der Waals surface area contributed by atoms with Crippen LogP contribution in [-0.2, 0) is 5.54 Å². The smallest absolute Gasteiger partial charge is 0.229 e. The van der Waals surface area contributed by atoms with Gasteiger partial charge in [0, 0.05) is 12.1 Å². The molecule has 0 radical (unpaired) electrons. The highest BCUT2D eigenvalue weighted by atomic mass is 35.5. The van der Waals surface area contributed by atoms with Crippen molar-refractivity contribution >= 4 is 34.3 Å². The molecule has 3 aromatic rings. The van der Waals surface area contributed by atoms with Crippen molar-refractivity contribution in [1.82, 2.24) is 24.7 Å². The Kier molecular flexibility index (Phi) is 3.48. The lowest BCUT2D eigenvalue weighted by atomic mass is 10.1. The number of rotatable bonds is 4. The van der Waals surface area contributed by atoms with E-state index in [4.69, 9.17) is 16.6 Å². The van der Waals surface area contributed by atoms with Crippen LogP contribution in [0.4, 0.5) is 11.6 Å². The molecule has 0 saturated heterocycles. The van der Waals surface area contributed by atoms with Crippen LogP contribution in [0.5, 0.6) is 0 Å². The van der Waals surface area contributed by atoms with E-state index in [2.05, 4.69) is 26.5 Å². The minimum atomic E-state index is -0.721. The summed E-state index contributed by atoms with van der Waals surface area (Å²) in [6, 6.07) is 2.24. The van der Waals surface area contributed by atoms with Crippen LogP contribution in [0.3, 0.4) is 0 Å². The third-order valence-corrected chi connectivity index (χ3v) is 4.77. The molecule has 0 bridgehead atoms. The summed E-state index contributed by atoms with van der Waals surface area (Å²) in [6.07, 6.45) is 5.81. The monoisotopic (exact) mass is 355 g/mol. The molecule has 3 heterocycles. The number of aromatic amines is 1. The molecule has 1 fully saturated rings. The predicted octanol–water partition coefficient (Wildman–Crippen LogP) is 4.00. The maximum Gasteiger partial charge on any atom is 0.229 e. The van der Waals surface area contributed by atoms with Crippen molar-refractivity contribution in [3.63, 3.8) is 0 Å². The summed E-state index contributed by atoms with van der Waals surface area (Å²) >= 11 is 6.28. The van der Waals surface area contributed by atoms with Gasteiger partial charge in [0.25, 0.3) is 0 Å². The van der Waals surface area contributed by atoms with Gasteiger partial charge in [-0.25, -0.2) is 4.98 Å². The van der Waals surface area contributed by atoms with Crippen LogP contribution in [0.1, 0.15) is 44.0 Å². The fraction of sp³-hybridized carbons (Fsp3) is 0.412. The van der Waals surface area contributed by atoms with Gasteiger partial charge in [0.1, 0.15) is 11.2 Å². The molecule has 0 unspecified atom stereocenters. The first-order valence-electron chi connectivity index (χ1n) is 8.18. The lowest BCUT2D eigenvalue weighted by Gasteiger charge is -2.15. The number of hydrogen-bond acceptors (Lipinski definition) is 5. The maximum absolute atomic E-state index is 9.29. The number of anilines is 2. The van der Waals surface area contributed by atoms with Gasteiger partial charge in [-0.15, -0.1) is 0 Å². The van der Waals surface area contributed by atoms with Gasteiger partial charge in [0.05, 0.1) is 39.8 Å². The zero-order valence-electron chi connectivity index (χ0n) is 14.3. The zero-order chi connectivity index (χ0) is 17.8. The van der Waals surface area contributed by atoms with Gasteiger partial charge < -0.3 is 10.3 Å². The second-order valence-electron chi connectivity index (χ2n) is 6.94. The first-order valence-corrected chi connectivity index (χ1v) is 8.56. The van der Waals surface area contributed by atoms with Crippen molar-refractivity contribution in [2.24, 2.45) is 0 Å². The van der Waals surface area contributed by atoms with Gasteiger partial charge in [0.15, 0.2) is 0 Å². The second-order valence-corrected chi connectivity index (χ2v) is 7.34. The molecule has 8 heteroatoms. The molecule has 1 aliphatic carbocycles. The van der Waals surface area contributed by atoms with E-state index >= 15 is 0 Å². The molecular formula is C17H18ClN7. The molecule has 0 atom stereocenters. The molecule has 128 valence electrons. The molecular weight excluding hydrogens is 338 g/mol. The largest absolute Gasteiger partial charge is 0.344 e. The number of hydrogen-bond donors (Lipinski definition) is 2. The van der Waals surface area contributed by atoms with E-state index in [1.807, 2.05) is 27.0 Å². The van der Waals surface area contributed by atoms with Crippen LogP contribution in [0.25, 0.3) is 11.0 Å². The number of halogens is 1. The Bertz CT molecular complexity index is 1000.